The quantitative estimate of drug-likeness (QED) is 0.780. The zero-order valence-corrected chi connectivity index (χ0v) is 11.2. The van der Waals surface area contributed by atoms with Crippen LogP contribution in [-0.4, -0.2) is 12.3 Å². The van der Waals surface area contributed by atoms with Gasteiger partial charge in [-0.1, -0.05) is 41.5 Å². The standard InChI is InChI=1S/C13H27NO/c1-12(2,3)8-10(9-14)7-11(15)13(4,5)6/h10H,7-9,14H2,1-6H3. The Morgan fingerprint density at radius 2 is 1.60 bits per heavy atom. The molecule has 0 aromatic carbocycles. The zero-order valence-electron chi connectivity index (χ0n) is 11.2. The first-order chi connectivity index (χ1) is 6.56. The minimum atomic E-state index is -0.231. The first-order valence-corrected chi connectivity index (χ1v) is 5.79. The average molecular weight is 213 g/mol. The second-order valence-corrected chi connectivity index (χ2v) is 6.74. The Hall–Kier alpha value is -0.370. The average Bonchev–Trinajstić information content (AvgIpc) is 1.98. The summed E-state index contributed by atoms with van der Waals surface area (Å²) in [6.07, 6.45) is 1.64. The molecule has 0 amide bonds. The number of carbonyl (C=O) groups excluding carboxylic acids is 1. The van der Waals surface area contributed by atoms with E-state index in [0.717, 1.165) is 6.42 Å². The summed E-state index contributed by atoms with van der Waals surface area (Å²) in [6, 6.07) is 0. The van der Waals surface area contributed by atoms with E-state index >= 15 is 0 Å². The molecule has 0 saturated carbocycles. The Morgan fingerprint density at radius 1 is 1.13 bits per heavy atom. The van der Waals surface area contributed by atoms with E-state index in [-0.39, 0.29) is 10.8 Å². The molecule has 0 rings (SSSR count). The van der Waals surface area contributed by atoms with Crippen molar-refractivity contribution in [3.05, 3.63) is 0 Å². The van der Waals surface area contributed by atoms with E-state index in [1.165, 1.54) is 0 Å². The third-order valence-corrected chi connectivity index (χ3v) is 2.54. The van der Waals surface area contributed by atoms with Gasteiger partial charge in [0.15, 0.2) is 0 Å². The topological polar surface area (TPSA) is 43.1 Å². The molecular formula is C13H27NO. The van der Waals surface area contributed by atoms with E-state index in [1.807, 2.05) is 20.8 Å². The molecule has 0 aliphatic carbocycles. The van der Waals surface area contributed by atoms with E-state index in [4.69, 9.17) is 5.73 Å². The maximum Gasteiger partial charge on any atom is 0.138 e. The van der Waals surface area contributed by atoms with Crippen molar-refractivity contribution in [1.29, 1.82) is 0 Å². The molecule has 2 N–H and O–H groups in total. The van der Waals surface area contributed by atoms with Crippen LogP contribution in [0.3, 0.4) is 0 Å². The minimum Gasteiger partial charge on any atom is -0.330 e. The first kappa shape index (κ1) is 14.6. The van der Waals surface area contributed by atoms with Crippen molar-refractivity contribution in [3.63, 3.8) is 0 Å². The molecule has 0 aromatic rings. The van der Waals surface area contributed by atoms with Gasteiger partial charge in [-0.3, -0.25) is 4.79 Å². The molecule has 2 heteroatoms. The van der Waals surface area contributed by atoms with E-state index in [2.05, 4.69) is 20.8 Å². The molecule has 1 atom stereocenters. The van der Waals surface area contributed by atoms with Crippen LogP contribution in [-0.2, 0) is 4.79 Å². The van der Waals surface area contributed by atoms with Crippen LogP contribution in [0.5, 0.6) is 0 Å². The number of carbonyl (C=O) groups is 1. The number of nitrogens with two attached hydrogens (primary N) is 1. The van der Waals surface area contributed by atoms with Crippen molar-refractivity contribution in [2.75, 3.05) is 6.54 Å². The summed E-state index contributed by atoms with van der Waals surface area (Å²) in [5.74, 6) is 0.652. The summed E-state index contributed by atoms with van der Waals surface area (Å²) in [5.41, 5.74) is 5.74. The highest BCUT2D eigenvalue weighted by atomic mass is 16.1. The second-order valence-electron chi connectivity index (χ2n) is 6.74. The summed E-state index contributed by atoms with van der Waals surface area (Å²) in [4.78, 5) is 11.9. The van der Waals surface area contributed by atoms with Gasteiger partial charge in [0.25, 0.3) is 0 Å². The lowest BCUT2D eigenvalue weighted by atomic mass is 9.79. The van der Waals surface area contributed by atoms with E-state index in [0.29, 0.717) is 24.7 Å². The number of rotatable bonds is 4. The predicted molar refractivity (Wildman–Crippen MR) is 65.7 cm³/mol. The van der Waals surface area contributed by atoms with Gasteiger partial charge >= 0.3 is 0 Å². The summed E-state index contributed by atoms with van der Waals surface area (Å²) in [5, 5.41) is 0. The van der Waals surface area contributed by atoms with Crippen molar-refractivity contribution in [3.8, 4) is 0 Å². The highest BCUT2D eigenvalue weighted by Crippen LogP contribution is 2.28. The molecule has 0 aliphatic heterocycles. The maximum absolute atomic E-state index is 11.9. The summed E-state index contributed by atoms with van der Waals surface area (Å²) >= 11 is 0. The monoisotopic (exact) mass is 213 g/mol. The van der Waals surface area contributed by atoms with Crippen molar-refractivity contribution in [2.45, 2.75) is 54.4 Å². The summed E-state index contributed by atoms with van der Waals surface area (Å²) in [7, 11) is 0. The van der Waals surface area contributed by atoms with E-state index < -0.39 is 0 Å². The molecule has 0 spiro atoms. The Morgan fingerprint density at radius 3 is 1.87 bits per heavy atom. The normalized spacial score (nSPS) is 15.1. The minimum absolute atomic E-state index is 0.231. The van der Waals surface area contributed by atoms with Gasteiger partial charge in [-0.15, -0.1) is 0 Å². The van der Waals surface area contributed by atoms with E-state index in [9.17, 15) is 4.79 Å². The molecule has 90 valence electrons. The fourth-order valence-corrected chi connectivity index (χ4v) is 1.67. The van der Waals surface area contributed by atoms with Crippen molar-refractivity contribution < 1.29 is 4.79 Å². The van der Waals surface area contributed by atoms with Crippen LogP contribution in [0.25, 0.3) is 0 Å². The van der Waals surface area contributed by atoms with Crippen LogP contribution >= 0.6 is 0 Å². The number of hydrogen-bond donors (Lipinski definition) is 1. The van der Waals surface area contributed by atoms with Gasteiger partial charge in [-0.25, -0.2) is 0 Å². The van der Waals surface area contributed by atoms with Gasteiger partial charge < -0.3 is 5.73 Å². The fraction of sp³-hybridized carbons (Fsp3) is 0.923. The van der Waals surface area contributed by atoms with Crippen molar-refractivity contribution in [1.82, 2.24) is 0 Å². The molecule has 0 radical (unpaired) electrons. The third kappa shape index (κ3) is 6.67. The molecular weight excluding hydrogens is 186 g/mol. The van der Waals surface area contributed by atoms with Crippen molar-refractivity contribution >= 4 is 5.78 Å². The van der Waals surface area contributed by atoms with Crippen LogP contribution < -0.4 is 5.73 Å². The Balaban J connectivity index is 4.29. The van der Waals surface area contributed by atoms with E-state index in [1.54, 1.807) is 0 Å². The first-order valence-electron chi connectivity index (χ1n) is 5.79. The molecule has 15 heavy (non-hydrogen) atoms. The molecule has 1 unspecified atom stereocenters. The largest absolute Gasteiger partial charge is 0.330 e. The molecule has 0 aliphatic rings. The second kappa shape index (κ2) is 5.11. The maximum atomic E-state index is 11.9. The van der Waals surface area contributed by atoms with Gasteiger partial charge in [0.1, 0.15) is 5.78 Å². The fourth-order valence-electron chi connectivity index (χ4n) is 1.67. The van der Waals surface area contributed by atoms with Crippen LogP contribution in [0.15, 0.2) is 0 Å². The van der Waals surface area contributed by atoms with Crippen LogP contribution in [0.2, 0.25) is 0 Å². The lowest BCUT2D eigenvalue weighted by Crippen LogP contribution is -2.28. The molecule has 2 nitrogen and oxygen atoms in total. The van der Waals surface area contributed by atoms with Gasteiger partial charge in [0.05, 0.1) is 0 Å². The lowest BCUT2D eigenvalue weighted by Gasteiger charge is -2.27. The zero-order chi connectivity index (χ0) is 12.3. The Kier molecular flexibility index (Phi) is 4.98. The van der Waals surface area contributed by atoms with Crippen LogP contribution in [0.1, 0.15) is 54.4 Å². The van der Waals surface area contributed by atoms with Gasteiger partial charge in [-0.05, 0) is 24.3 Å². The Labute approximate surface area is 94.6 Å². The molecule has 0 saturated heterocycles. The van der Waals surface area contributed by atoms with Gasteiger partial charge in [-0.2, -0.15) is 0 Å². The van der Waals surface area contributed by atoms with Crippen LogP contribution in [0, 0.1) is 16.7 Å². The SMILES string of the molecule is CC(C)(C)CC(CN)CC(=O)C(C)(C)C. The summed E-state index contributed by atoms with van der Waals surface area (Å²) < 4.78 is 0. The number of ketones is 1. The summed E-state index contributed by atoms with van der Waals surface area (Å²) in [6.45, 7) is 13.1. The highest BCUT2D eigenvalue weighted by molar-refractivity contribution is 5.83. The molecule has 0 bridgehead atoms. The Bertz CT molecular complexity index is 208. The molecule has 0 fully saturated rings. The molecule has 0 heterocycles. The third-order valence-electron chi connectivity index (χ3n) is 2.54. The lowest BCUT2D eigenvalue weighted by molar-refractivity contribution is -0.127. The number of Topliss-reactive ketones (excluding diaryl/α,β-unsaturated/α-hetero) is 1. The number of hydrogen-bond acceptors (Lipinski definition) is 2. The molecule has 0 aromatic heterocycles. The smallest absolute Gasteiger partial charge is 0.138 e. The van der Waals surface area contributed by atoms with Crippen molar-refractivity contribution in [2.24, 2.45) is 22.5 Å². The predicted octanol–water partition coefficient (Wildman–Crippen LogP) is 3.00. The highest BCUT2D eigenvalue weighted by Gasteiger charge is 2.26. The van der Waals surface area contributed by atoms with Gasteiger partial charge in [0.2, 0.25) is 0 Å². The van der Waals surface area contributed by atoms with Gasteiger partial charge in [0, 0.05) is 11.8 Å². The van der Waals surface area contributed by atoms with Crippen LogP contribution in [0.4, 0.5) is 0 Å².